The molecule has 2 amide bonds. The third-order valence-electron chi connectivity index (χ3n) is 8.47. The Balaban J connectivity index is 1.47. The van der Waals surface area contributed by atoms with E-state index in [0.29, 0.717) is 32.5 Å². The molecule has 0 aliphatic carbocycles. The minimum Gasteiger partial charge on any atom is -0.481 e. The summed E-state index contributed by atoms with van der Waals surface area (Å²) in [6.07, 6.45) is -1.28. The number of aliphatic carboxylic acids is 2. The topological polar surface area (TPSA) is 165 Å². The normalized spacial score (nSPS) is 17.9. The summed E-state index contributed by atoms with van der Waals surface area (Å²) in [5.41, 5.74) is -1.53. The number of hydrogen-bond donors (Lipinski definition) is 3. The van der Waals surface area contributed by atoms with Crippen LogP contribution in [0.2, 0.25) is 0 Å². The molecule has 1 saturated heterocycles. The smallest absolute Gasteiger partial charge is 0.336 e. The molecule has 3 N–H and O–H groups in total. The molecule has 1 fully saturated rings. The zero-order valence-corrected chi connectivity index (χ0v) is 24.8. The predicted molar refractivity (Wildman–Crippen MR) is 155 cm³/mol. The Bertz CT molecular complexity index is 1470. The molecule has 2 atom stereocenters. The highest BCUT2D eigenvalue weighted by Gasteiger charge is 2.51. The van der Waals surface area contributed by atoms with Gasteiger partial charge >= 0.3 is 17.9 Å². The lowest BCUT2D eigenvalue weighted by atomic mass is 9.73. The molecule has 2 unspecified atom stereocenters. The molecule has 2 aromatic rings. The molecular formula is C31H36FN3O9. The summed E-state index contributed by atoms with van der Waals surface area (Å²) in [4.78, 5) is 66.4. The summed E-state index contributed by atoms with van der Waals surface area (Å²) in [5, 5.41) is 28.2. The van der Waals surface area contributed by atoms with Gasteiger partial charge in [0.15, 0.2) is 5.60 Å². The minimum absolute atomic E-state index is 0.0432. The number of fused-ring (bicyclic) bond motifs is 2. The quantitative estimate of drug-likeness (QED) is 0.251. The average molecular weight is 614 g/mol. The van der Waals surface area contributed by atoms with Crippen molar-refractivity contribution in [3.63, 3.8) is 0 Å². The van der Waals surface area contributed by atoms with Crippen molar-refractivity contribution in [1.82, 2.24) is 9.80 Å². The van der Waals surface area contributed by atoms with Crippen molar-refractivity contribution in [3.8, 4) is 5.75 Å². The van der Waals surface area contributed by atoms with Gasteiger partial charge in [-0.1, -0.05) is 18.2 Å². The van der Waals surface area contributed by atoms with E-state index in [1.807, 2.05) is 24.3 Å². The molecule has 4 rings (SSSR count). The molecule has 0 radical (unpaired) electrons. The SMILES string of the molecule is CN(C)C(=O)C(Cc1cc(OC(=O)CC(O)(CC(=O)O)C(=O)O)ccc1F)CN1CCC2(CC1)C(=O)N(C)c1ccccc12. The highest BCUT2D eigenvalue weighted by Crippen LogP contribution is 2.47. The van der Waals surface area contributed by atoms with Crippen molar-refractivity contribution in [2.75, 3.05) is 45.7 Å². The van der Waals surface area contributed by atoms with E-state index < -0.39 is 53.5 Å². The van der Waals surface area contributed by atoms with Gasteiger partial charge in [0, 0.05) is 33.4 Å². The summed E-state index contributed by atoms with van der Waals surface area (Å²) in [6.45, 7) is 1.39. The van der Waals surface area contributed by atoms with E-state index in [-0.39, 0.29) is 29.5 Å². The number of halogens is 1. The molecular weight excluding hydrogens is 577 g/mol. The number of para-hydroxylation sites is 1. The zero-order chi connectivity index (χ0) is 32.4. The second-order valence-electron chi connectivity index (χ2n) is 11.7. The summed E-state index contributed by atoms with van der Waals surface area (Å²) >= 11 is 0. The van der Waals surface area contributed by atoms with Gasteiger partial charge < -0.3 is 34.8 Å². The Morgan fingerprint density at radius 2 is 1.73 bits per heavy atom. The fourth-order valence-electron chi connectivity index (χ4n) is 6.13. The fraction of sp³-hybridized carbons (Fsp3) is 0.452. The third kappa shape index (κ3) is 6.58. The number of amides is 2. The Labute approximate surface area is 253 Å². The first-order chi connectivity index (χ1) is 20.7. The Morgan fingerprint density at radius 3 is 2.34 bits per heavy atom. The molecule has 44 heavy (non-hydrogen) atoms. The molecule has 2 aromatic carbocycles. The van der Waals surface area contributed by atoms with Crippen molar-refractivity contribution in [2.45, 2.75) is 43.1 Å². The first kappa shape index (κ1) is 32.6. The fourth-order valence-corrected chi connectivity index (χ4v) is 6.13. The van der Waals surface area contributed by atoms with Crippen molar-refractivity contribution >= 4 is 35.4 Å². The van der Waals surface area contributed by atoms with Gasteiger partial charge in [0.25, 0.3) is 0 Å². The van der Waals surface area contributed by atoms with Gasteiger partial charge in [0.05, 0.1) is 24.2 Å². The number of carbonyl (C=O) groups excluding carboxylic acids is 3. The van der Waals surface area contributed by atoms with E-state index in [1.165, 1.54) is 11.0 Å². The van der Waals surface area contributed by atoms with Gasteiger partial charge in [-0.3, -0.25) is 19.2 Å². The van der Waals surface area contributed by atoms with Crippen LogP contribution in [0.4, 0.5) is 10.1 Å². The van der Waals surface area contributed by atoms with Gasteiger partial charge in [-0.05, 0) is 67.7 Å². The number of carboxylic acid groups (broad SMARTS) is 2. The number of esters is 1. The van der Waals surface area contributed by atoms with Crippen LogP contribution >= 0.6 is 0 Å². The number of piperidine rings is 1. The third-order valence-corrected chi connectivity index (χ3v) is 8.47. The van der Waals surface area contributed by atoms with Crippen LogP contribution in [-0.2, 0) is 35.8 Å². The zero-order valence-electron chi connectivity index (χ0n) is 24.8. The molecule has 0 saturated carbocycles. The molecule has 236 valence electrons. The van der Waals surface area contributed by atoms with Gasteiger partial charge in [0.1, 0.15) is 11.6 Å². The maximum Gasteiger partial charge on any atom is 0.336 e. The van der Waals surface area contributed by atoms with E-state index in [2.05, 4.69) is 4.90 Å². The monoisotopic (exact) mass is 613 g/mol. The highest BCUT2D eigenvalue weighted by molar-refractivity contribution is 6.07. The van der Waals surface area contributed by atoms with Crippen LogP contribution < -0.4 is 9.64 Å². The lowest BCUT2D eigenvalue weighted by molar-refractivity contribution is -0.169. The second-order valence-corrected chi connectivity index (χ2v) is 11.7. The number of carbonyl (C=O) groups is 5. The van der Waals surface area contributed by atoms with Gasteiger partial charge in [-0.15, -0.1) is 0 Å². The summed E-state index contributed by atoms with van der Waals surface area (Å²) in [7, 11) is 4.97. The lowest BCUT2D eigenvalue weighted by Crippen LogP contribution is -2.50. The van der Waals surface area contributed by atoms with E-state index in [0.717, 1.165) is 23.4 Å². The van der Waals surface area contributed by atoms with E-state index in [4.69, 9.17) is 9.84 Å². The summed E-state index contributed by atoms with van der Waals surface area (Å²) < 4.78 is 20.1. The first-order valence-corrected chi connectivity index (χ1v) is 14.1. The van der Waals surface area contributed by atoms with Crippen LogP contribution in [0.15, 0.2) is 42.5 Å². The lowest BCUT2D eigenvalue weighted by Gasteiger charge is -2.39. The van der Waals surface area contributed by atoms with Crippen molar-refractivity contribution < 1.29 is 48.4 Å². The number of anilines is 1. The molecule has 12 nitrogen and oxygen atoms in total. The Hall–Kier alpha value is -4.36. The number of nitrogens with zero attached hydrogens (tertiary/aromatic N) is 3. The van der Waals surface area contributed by atoms with Crippen LogP contribution in [0.1, 0.15) is 36.8 Å². The van der Waals surface area contributed by atoms with Crippen molar-refractivity contribution in [3.05, 3.63) is 59.4 Å². The highest BCUT2D eigenvalue weighted by atomic mass is 19.1. The van der Waals surface area contributed by atoms with E-state index in [1.54, 1.807) is 26.0 Å². The number of aliphatic hydroxyl groups is 1. The van der Waals surface area contributed by atoms with Gasteiger partial charge in [0.2, 0.25) is 11.8 Å². The number of likely N-dealkylation sites (N-methyl/N-ethyl adjacent to an activating group) is 1. The minimum atomic E-state index is -2.89. The van der Waals surface area contributed by atoms with Crippen LogP contribution in [0.3, 0.4) is 0 Å². The predicted octanol–water partition coefficient (Wildman–Crippen LogP) is 1.67. The molecule has 0 bridgehead atoms. The standard InChI is InChI=1S/C31H36FN3O9/c1-33(2)27(39)20(18-35-12-10-30(11-13-35)22-6-4-5-7-24(22)34(3)28(30)40)14-19-15-21(8-9-23(19)32)44-26(38)17-31(43,29(41)42)16-25(36)37/h4-9,15,20,43H,10-14,16-18H2,1-3H3,(H,36,37)(H,41,42). The molecule has 2 aliphatic heterocycles. The van der Waals surface area contributed by atoms with Crippen LogP contribution in [-0.4, -0.2) is 101 Å². The van der Waals surface area contributed by atoms with Crippen molar-refractivity contribution in [1.29, 1.82) is 0 Å². The second kappa shape index (κ2) is 12.7. The van der Waals surface area contributed by atoms with E-state index >= 15 is 0 Å². The number of likely N-dealkylation sites (tertiary alicyclic amines) is 1. The molecule has 1 spiro atoms. The molecule has 2 heterocycles. The van der Waals surface area contributed by atoms with Crippen LogP contribution in [0, 0.1) is 11.7 Å². The largest absolute Gasteiger partial charge is 0.481 e. The first-order valence-electron chi connectivity index (χ1n) is 14.1. The van der Waals surface area contributed by atoms with Crippen molar-refractivity contribution in [2.24, 2.45) is 5.92 Å². The average Bonchev–Trinajstić information content (AvgIpc) is 3.16. The Kier molecular flexibility index (Phi) is 9.40. The molecule has 0 aromatic heterocycles. The van der Waals surface area contributed by atoms with Crippen LogP contribution in [0.25, 0.3) is 0 Å². The maximum atomic E-state index is 14.9. The summed E-state index contributed by atoms with van der Waals surface area (Å²) in [5.74, 6) is -6.44. The van der Waals surface area contributed by atoms with Gasteiger partial charge in [-0.25, -0.2) is 9.18 Å². The van der Waals surface area contributed by atoms with E-state index in [9.17, 15) is 38.6 Å². The number of ether oxygens (including phenoxy) is 1. The number of hydrogen-bond acceptors (Lipinski definition) is 8. The number of benzene rings is 2. The Morgan fingerprint density at radius 1 is 1.07 bits per heavy atom. The maximum absolute atomic E-state index is 14.9. The number of rotatable bonds is 11. The number of carboxylic acids is 2. The molecule has 2 aliphatic rings. The molecule has 13 heteroatoms. The van der Waals surface area contributed by atoms with Gasteiger partial charge in [-0.2, -0.15) is 0 Å². The van der Waals surface area contributed by atoms with Crippen LogP contribution in [0.5, 0.6) is 5.75 Å². The summed E-state index contributed by atoms with van der Waals surface area (Å²) in [6, 6.07) is 11.1.